The molecule has 0 saturated carbocycles. The average molecular weight is 309 g/mol. The van der Waals surface area contributed by atoms with Crippen LogP contribution in [0.15, 0.2) is 4.79 Å². The summed E-state index contributed by atoms with van der Waals surface area (Å²) in [7, 11) is -4.27. The molecule has 0 aliphatic heterocycles. The van der Waals surface area contributed by atoms with Crippen molar-refractivity contribution in [2.75, 3.05) is 30.6 Å². The summed E-state index contributed by atoms with van der Waals surface area (Å²) in [5.74, 6) is -0.657. The molecule has 0 aliphatic carbocycles. The normalized spacial score (nSPS) is 11.3. The molecule has 0 bridgehead atoms. The van der Waals surface area contributed by atoms with E-state index in [1.54, 1.807) is 0 Å². The standard InChI is InChI=1S/C7H12N5O7P/c8-7-10-5(4(12(14)15)6(13)11-7)9-1-2-19-3-20(16,17)18/h1-3H2,(H2,16,17,18)(H4,8,9,10,11,13). The highest BCUT2D eigenvalue weighted by molar-refractivity contribution is 7.51. The van der Waals surface area contributed by atoms with E-state index in [9.17, 15) is 19.5 Å². The van der Waals surface area contributed by atoms with Crippen LogP contribution in [0.5, 0.6) is 0 Å². The number of aromatic amines is 1. The first-order chi connectivity index (χ1) is 9.20. The molecule has 12 nitrogen and oxygen atoms in total. The second-order valence-electron chi connectivity index (χ2n) is 3.53. The van der Waals surface area contributed by atoms with Gasteiger partial charge in [-0.25, -0.2) is 0 Å². The van der Waals surface area contributed by atoms with E-state index in [2.05, 4.69) is 15.0 Å². The van der Waals surface area contributed by atoms with Crippen LogP contribution in [0.1, 0.15) is 0 Å². The number of rotatable bonds is 7. The monoisotopic (exact) mass is 309 g/mol. The summed E-state index contributed by atoms with van der Waals surface area (Å²) < 4.78 is 15.1. The van der Waals surface area contributed by atoms with Crippen LogP contribution in [0.25, 0.3) is 0 Å². The number of nitrogen functional groups attached to an aromatic ring is 1. The number of nitro groups is 1. The first-order valence-corrected chi connectivity index (χ1v) is 6.91. The van der Waals surface area contributed by atoms with Crippen molar-refractivity contribution in [3.05, 3.63) is 20.5 Å². The van der Waals surface area contributed by atoms with Crippen LogP contribution in [-0.2, 0) is 9.30 Å². The molecule has 112 valence electrons. The quantitative estimate of drug-likeness (QED) is 0.177. The predicted octanol–water partition coefficient (Wildman–Crippen LogP) is -1.18. The van der Waals surface area contributed by atoms with Crippen molar-refractivity contribution in [2.45, 2.75) is 0 Å². The first-order valence-electron chi connectivity index (χ1n) is 5.11. The predicted molar refractivity (Wildman–Crippen MR) is 67.3 cm³/mol. The van der Waals surface area contributed by atoms with E-state index in [4.69, 9.17) is 15.5 Å². The summed E-state index contributed by atoms with van der Waals surface area (Å²) in [5.41, 5.74) is 3.43. The van der Waals surface area contributed by atoms with Crippen LogP contribution >= 0.6 is 7.60 Å². The molecule has 13 heteroatoms. The molecule has 0 saturated heterocycles. The van der Waals surface area contributed by atoms with Crippen LogP contribution in [0.3, 0.4) is 0 Å². The molecular formula is C7H12N5O7P. The number of nitrogens with zero attached hydrogens (tertiary/aromatic N) is 2. The zero-order chi connectivity index (χ0) is 15.3. The van der Waals surface area contributed by atoms with E-state index in [-0.39, 0.29) is 24.9 Å². The summed E-state index contributed by atoms with van der Waals surface area (Å²) in [6.07, 6.45) is -0.776. The summed E-state index contributed by atoms with van der Waals surface area (Å²) >= 11 is 0. The zero-order valence-electron chi connectivity index (χ0n) is 9.98. The lowest BCUT2D eigenvalue weighted by molar-refractivity contribution is -0.385. The van der Waals surface area contributed by atoms with Gasteiger partial charge in [-0.2, -0.15) is 4.98 Å². The molecule has 0 aliphatic rings. The molecular weight excluding hydrogens is 297 g/mol. The van der Waals surface area contributed by atoms with Crippen molar-refractivity contribution in [1.82, 2.24) is 9.97 Å². The maximum absolute atomic E-state index is 11.3. The van der Waals surface area contributed by atoms with E-state index in [1.165, 1.54) is 0 Å². The Labute approximate surface area is 111 Å². The van der Waals surface area contributed by atoms with Crippen LogP contribution in [0, 0.1) is 10.1 Å². The van der Waals surface area contributed by atoms with Crippen LogP contribution < -0.4 is 16.6 Å². The van der Waals surface area contributed by atoms with Gasteiger partial charge in [0.15, 0.2) is 0 Å². The van der Waals surface area contributed by atoms with Crippen LogP contribution in [-0.4, -0.2) is 44.2 Å². The van der Waals surface area contributed by atoms with Crippen molar-refractivity contribution in [3.63, 3.8) is 0 Å². The number of H-pyrrole nitrogens is 1. The number of hydrogen-bond donors (Lipinski definition) is 5. The van der Waals surface area contributed by atoms with Gasteiger partial charge in [0.1, 0.15) is 6.35 Å². The minimum atomic E-state index is -4.27. The number of nitrogens with one attached hydrogen (secondary N) is 2. The van der Waals surface area contributed by atoms with Crippen LogP contribution in [0.4, 0.5) is 17.5 Å². The van der Waals surface area contributed by atoms with Crippen molar-refractivity contribution in [3.8, 4) is 0 Å². The van der Waals surface area contributed by atoms with Crippen molar-refractivity contribution in [1.29, 1.82) is 0 Å². The van der Waals surface area contributed by atoms with E-state index in [0.29, 0.717) is 0 Å². The number of nitrogens with two attached hydrogens (primary N) is 1. The van der Waals surface area contributed by atoms with E-state index >= 15 is 0 Å². The molecule has 0 radical (unpaired) electrons. The Morgan fingerprint density at radius 3 is 2.75 bits per heavy atom. The molecule has 1 aromatic heterocycles. The molecule has 0 unspecified atom stereocenters. The largest absolute Gasteiger partial charge is 0.375 e. The Morgan fingerprint density at radius 2 is 2.20 bits per heavy atom. The molecule has 0 fully saturated rings. The SMILES string of the molecule is Nc1nc(NCCOCP(=O)(O)O)c([N+](=O)[O-])c(=O)[nH]1. The maximum atomic E-state index is 11.3. The van der Waals surface area contributed by atoms with Gasteiger partial charge in [0.05, 0.1) is 11.5 Å². The molecule has 0 atom stereocenters. The summed E-state index contributed by atoms with van der Waals surface area (Å²) in [5, 5.41) is 13.1. The van der Waals surface area contributed by atoms with Crippen molar-refractivity contribution < 1.29 is 24.0 Å². The van der Waals surface area contributed by atoms with Gasteiger partial charge in [0.25, 0.3) is 0 Å². The van der Waals surface area contributed by atoms with Gasteiger partial charge in [0, 0.05) is 6.54 Å². The van der Waals surface area contributed by atoms with E-state index in [0.717, 1.165) is 0 Å². The number of ether oxygens (including phenoxy) is 1. The van der Waals surface area contributed by atoms with Gasteiger partial charge in [-0.3, -0.25) is 24.5 Å². The smallest absolute Gasteiger partial charge is 0.369 e. The molecule has 0 amide bonds. The lowest BCUT2D eigenvalue weighted by Gasteiger charge is -2.08. The average Bonchev–Trinajstić information content (AvgIpc) is 2.25. The van der Waals surface area contributed by atoms with E-state index < -0.39 is 30.1 Å². The Balaban J connectivity index is 2.66. The summed E-state index contributed by atoms with van der Waals surface area (Å²) in [6, 6.07) is 0. The third kappa shape index (κ3) is 4.93. The van der Waals surface area contributed by atoms with E-state index in [1.807, 2.05) is 4.98 Å². The first kappa shape index (κ1) is 16.0. The van der Waals surface area contributed by atoms with Gasteiger partial charge >= 0.3 is 18.8 Å². The van der Waals surface area contributed by atoms with Gasteiger partial charge in [-0.05, 0) is 0 Å². The molecule has 1 aromatic rings. The number of hydrogen-bond acceptors (Lipinski definition) is 8. The van der Waals surface area contributed by atoms with Gasteiger partial charge in [-0.15, -0.1) is 0 Å². The van der Waals surface area contributed by atoms with Gasteiger partial charge in [0.2, 0.25) is 11.8 Å². The lowest BCUT2D eigenvalue weighted by atomic mass is 10.4. The minimum Gasteiger partial charge on any atom is -0.369 e. The third-order valence-electron chi connectivity index (χ3n) is 1.89. The van der Waals surface area contributed by atoms with Crippen molar-refractivity contribution in [2.24, 2.45) is 0 Å². The maximum Gasteiger partial charge on any atom is 0.375 e. The molecule has 1 rings (SSSR count). The Kier molecular flexibility index (Phi) is 5.16. The van der Waals surface area contributed by atoms with Crippen molar-refractivity contribution >= 4 is 25.0 Å². The molecule has 1 heterocycles. The highest BCUT2D eigenvalue weighted by Gasteiger charge is 2.21. The fraction of sp³-hybridized carbons (Fsp3) is 0.429. The number of anilines is 2. The molecule has 0 spiro atoms. The third-order valence-corrected chi connectivity index (χ3v) is 2.41. The zero-order valence-corrected chi connectivity index (χ0v) is 10.9. The fourth-order valence-electron chi connectivity index (χ4n) is 1.20. The van der Waals surface area contributed by atoms with Gasteiger partial charge < -0.3 is 25.6 Å². The second-order valence-corrected chi connectivity index (χ2v) is 5.12. The molecule has 20 heavy (non-hydrogen) atoms. The highest BCUT2D eigenvalue weighted by Crippen LogP contribution is 2.33. The molecule has 6 N–H and O–H groups in total. The second kappa shape index (κ2) is 6.43. The summed E-state index contributed by atoms with van der Waals surface area (Å²) in [4.78, 5) is 43.7. The Bertz CT molecular complexity index is 596. The summed E-state index contributed by atoms with van der Waals surface area (Å²) in [6.45, 7) is -0.215. The fourth-order valence-corrected chi connectivity index (χ4v) is 1.57. The Morgan fingerprint density at radius 1 is 1.55 bits per heavy atom. The highest BCUT2D eigenvalue weighted by atomic mass is 31.2. The van der Waals surface area contributed by atoms with Crippen LogP contribution in [0.2, 0.25) is 0 Å². The lowest BCUT2D eigenvalue weighted by Crippen LogP contribution is -2.20. The molecule has 0 aromatic carbocycles. The Hall–Kier alpha value is -2.01. The minimum absolute atomic E-state index is 0.0588. The van der Waals surface area contributed by atoms with Gasteiger partial charge in [-0.1, -0.05) is 0 Å². The number of aromatic nitrogens is 2. The topological polar surface area (TPSA) is 194 Å².